The standard InChI is InChI=1S/C11H9NO3S/c1-15-9-4-2-8(3-5-11(13)14)10(6-9)12-7-16/h2-6H,1H3,(H,13,14). The molecule has 0 aliphatic rings. The summed E-state index contributed by atoms with van der Waals surface area (Å²) in [4.78, 5) is 14.2. The zero-order valence-corrected chi connectivity index (χ0v) is 9.32. The number of hydrogen-bond donors (Lipinski definition) is 1. The largest absolute Gasteiger partial charge is 0.497 e. The van der Waals surface area contributed by atoms with Crippen molar-refractivity contribution in [1.29, 1.82) is 0 Å². The topological polar surface area (TPSA) is 58.9 Å². The number of aliphatic carboxylic acids is 1. The van der Waals surface area contributed by atoms with Crippen LogP contribution in [0.1, 0.15) is 5.56 Å². The van der Waals surface area contributed by atoms with Crippen molar-refractivity contribution < 1.29 is 14.6 Å². The normalized spacial score (nSPS) is 9.81. The van der Waals surface area contributed by atoms with Crippen molar-refractivity contribution in [2.45, 2.75) is 0 Å². The lowest BCUT2D eigenvalue weighted by molar-refractivity contribution is -0.131. The van der Waals surface area contributed by atoms with Gasteiger partial charge in [-0.25, -0.2) is 4.79 Å². The van der Waals surface area contributed by atoms with E-state index in [1.807, 2.05) is 0 Å². The minimum atomic E-state index is -1.02. The Morgan fingerprint density at radius 3 is 2.94 bits per heavy atom. The van der Waals surface area contributed by atoms with Gasteiger partial charge >= 0.3 is 5.97 Å². The van der Waals surface area contributed by atoms with E-state index in [1.165, 1.54) is 13.2 Å². The predicted molar refractivity (Wildman–Crippen MR) is 64.3 cm³/mol. The Morgan fingerprint density at radius 2 is 2.38 bits per heavy atom. The lowest BCUT2D eigenvalue weighted by atomic mass is 10.1. The predicted octanol–water partition coefficient (Wildman–Crippen LogP) is 2.53. The van der Waals surface area contributed by atoms with Crippen molar-refractivity contribution >= 4 is 35.1 Å². The van der Waals surface area contributed by atoms with Gasteiger partial charge in [-0.3, -0.25) is 0 Å². The van der Waals surface area contributed by atoms with Crippen molar-refractivity contribution in [2.24, 2.45) is 4.99 Å². The Labute approximate surface area is 97.9 Å². The fraction of sp³-hybridized carbons (Fsp3) is 0.0909. The SMILES string of the molecule is COc1ccc(C=CC(=O)O)c(N=C=S)c1. The number of benzene rings is 1. The molecule has 0 saturated carbocycles. The number of rotatable bonds is 4. The third-order valence-corrected chi connectivity index (χ3v) is 1.90. The number of ether oxygens (including phenoxy) is 1. The molecule has 4 nitrogen and oxygen atoms in total. The van der Waals surface area contributed by atoms with Gasteiger partial charge in [0.2, 0.25) is 0 Å². The Morgan fingerprint density at radius 1 is 1.62 bits per heavy atom. The van der Waals surface area contributed by atoms with Crippen molar-refractivity contribution in [1.82, 2.24) is 0 Å². The third-order valence-electron chi connectivity index (χ3n) is 1.81. The molecule has 0 fully saturated rings. The molecule has 0 bridgehead atoms. The highest BCUT2D eigenvalue weighted by Crippen LogP contribution is 2.25. The molecule has 0 aliphatic heterocycles. The van der Waals surface area contributed by atoms with E-state index in [0.717, 1.165) is 6.08 Å². The number of carbonyl (C=O) groups is 1. The summed E-state index contributed by atoms with van der Waals surface area (Å²) in [6.07, 6.45) is 2.47. The second kappa shape index (κ2) is 5.80. The Kier molecular flexibility index (Phi) is 4.39. The van der Waals surface area contributed by atoms with Gasteiger partial charge in [-0.2, -0.15) is 4.99 Å². The number of methoxy groups -OCH3 is 1. The summed E-state index contributed by atoms with van der Waals surface area (Å²) >= 11 is 4.51. The number of isothiocyanates is 1. The van der Waals surface area contributed by atoms with Crippen LogP contribution >= 0.6 is 12.2 Å². The molecule has 0 heterocycles. The number of carboxylic acid groups (broad SMARTS) is 1. The summed E-state index contributed by atoms with van der Waals surface area (Å²) in [5.41, 5.74) is 1.16. The molecule has 0 radical (unpaired) electrons. The number of thiocarbonyl (C=S) groups is 1. The molecule has 82 valence electrons. The van der Waals surface area contributed by atoms with Crippen LogP contribution in [0.3, 0.4) is 0 Å². The van der Waals surface area contributed by atoms with Crippen molar-refractivity contribution in [3.8, 4) is 5.75 Å². The van der Waals surface area contributed by atoms with E-state index in [1.54, 1.807) is 18.2 Å². The smallest absolute Gasteiger partial charge is 0.328 e. The van der Waals surface area contributed by atoms with Crippen molar-refractivity contribution in [2.75, 3.05) is 7.11 Å². The highest BCUT2D eigenvalue weighted by molar-refractivity contribution is 7.78. The maximum absolute atomic E-state index is 10.4. The summed E-state index contributed by atoms with van der Waals surface area (Å²) in [7, 11) is 1.53. The van der Waals surface area contributed by atoms with Crippen LogP contribution in [0, 0.1) is 0 Å². The number of nitrogens with zero attached hydrogens (tertiary/aromatic N) is 1. The molecule has 1 N–H and O–H groups in total. The minimum Gasteiger partial charge on any atom is -0.497 e. The van der Waals surface area contributed by atoms with Gasteiger partial charge in [0.15, 0.2) is 0 Å². The summed E-state index contributed by atoms with van der Waals surface area (Å²) in [5, 5.41) is 10.8. The molecule has 0 aliphatic carbocycles. The quantitative estimate of drug-likeness (QED) is 0.495. The van der Waals surface area contributed by atoms with E-state index in [4.69, 9.17) is 9.84 Å². The molecule has 0 saturated heterocycles. The fourth-order valence-electron chi connectivity index (χ4n) is 1.10. The van der Waals surface area contributed by atoms with Crippen LogP contribution in [0.15, 0.2) is 29.3 Å². The fourth-order valence-corrected chi connectivity index (χ4v) is 1.20. The maximum Gasteiger partial charge on any atom is 0.328 e. The van der Waals surface area contributed by atoms with Crippen LogP contribution in [0.4, 0.5) is 5.69 Å². The van der Waals surface area contributed by atoms with Crippen LogP contribution in [0.5, 0.6) is 5.75 Å². The second-order valence-corrected chi connectivity index (χ2v) is 2.98. The van der Waals surface area contributed by atoms with Gasteiger partial charge < -0.3 is 9.84 Å². The van der Waals surface area contributed by atoms with Crippen LogP contribution in [0.25, 0.3) is 6.08 Å². The molecule has 1 rings (SSSR count). The van der Waals surface area contributed by atoms with Gasteiger partial charge in [-0.15, -0.1) is 0 Å². The summed E-state index contributed by atoms with van der Waals surface area (Å²) in [5.74, 6) is -0.399. The maximum atomic E-state index is 10.4. The number of hydrogen-bond acceptors (Lipinski definition) is 4. The van der Waals surface area contributed by atoms with Crippen molar-refractivity contribution in [3.05, 3.63) is 29.8 Å². The Bertz CT molecular complexity index is 476. The first-order valence-corrected chi connectivity index (χ1v) is 4.75. The molecular weight excluding hydrogens is 226 g/mol. The van der Waals surface area contributed by atoms with Crippen LogP contribution in [-0.2, 0) is 4.79 Å². The first-order chi connectivity index (χ1) is 7.67. The molecule has 0 unspecified atom stereocenters. The zero-order chi connectivity index (χ0) is 12.0. The van der Waals surface area contributed by atoms with Crippen LogP contribution in [0.2, 0.25) is 0 Å². The zero-order valence-electron chi connectivity index (χ0n) is 8.51. The van der Waals surface area contributed by atoms with Gasteiger partial charge in [-0.05, 0) is 30.4 Å². The molecule has 1 aromatic carbocycles. The van der Waals surface area contributed by atoms with Gasteiger partial charge in [-0.1, -0.05) is 0 Å². The lowest BCUT2D eigenvalue weighted by Crippen LogP contribution is -1.87. The highest BCUT2D eigenvalue weighted by Gasteiger charge is 2.01. The van der Waals surface area contributed by atoms with E-state index in [0.29, 0.717) is 17.0 Å². The first kappa shape index (κ1) is 12.1. The molecule has 1 aromatic rings. The number of aliphatic imine (C=N–C) groups is 1. The van der Waals surface area contributed by atoms with E-state index in [2.05, 4.69) is 22.4 Å². The minimum absolute atomic E-state index is 0.520. The van der Waals surface area contributed by atoms with Crippen LogP contribution in [-0.4, -0.2) is 23.3 Å². The first-order valence-electron chi connectivity index (χ1n) is 4.34. The molecule has 0 spiro atoms. The van der Waals surface area contributed by atoms with Gasteiger partial charge in [0.25, 0.3) is 0 Å². The monoisotopic (exact) mass is 235 g/mol. The van der Waals surface area contributed by atoms with E-state index in [9.17, 15) is 4.79 Å². The van der Waals surface area contributed by atoms with Gasteiger partial charge in [0.05, 0.1) is 18.0 Å². The second-order valence-electron chi connectivity index (χ2n) is 2.80. The highest BCUT2D eigenvalue weighted by atomic mass is 32.1. The lowest BCUT2D eigenvalue weighted by Gasteiger charge is -2.03. The molecule has 0 aromatic heterocycles. The molecule has 0 atom stereocenters. The molecule has 16 heavy (non-hydrogen) atoms. The Balaban J connectivity index is 3.17. The van der Waals surface area contributed by atoms with E-state index in [-0.39, 0.29) is 0 Å². The van der Waals surface area contributed by atoms with Crippen LogP contribution < -0.4 is 4.74 Å². The summed E-state index contributed by atoms with van der Waals surface area (Å²) in [6.45, 7) is 0. The summed E-state index contributed by atoms with van der Waals surface area (Å²) in [6, 6.07) is 5.06. The van der Waals surface area contributed by atoms with Crippen molar-refractivity contribution in [3.63, 3.8) is 0 Å². The Hall–Kier alpha value is -1.97. The molecular formula is C11H9NO3S. The average molecular weight is 235 g/mol. The van der Waals surface area contributed by atoms with E-state index >= 15 is 0 Å². The third kappa shape index (κ3) is 3.31. The average Bonchev–Trinajstić information content (AvgIpc) is 2.27. The number of carboxylic acids is 1. The van der Waals surface area contributed by atoms with Gasteiger partial charge in [0, 0.05) is 17.7 Å². The molecule has 5 heteroatoms. The van der Waals surface area contributed by atoms with Gasteiger partial charge in [0.1, 0.15) is 5.75 Å². The molecule has 0 amide bonds. The van der Waals surface area contributed by atoms with E-state index < -0.39 is 5.97 Å². The summed E-state index contributed by atoms with van der Waals surface area (Å²) < 4.78 is 5.02.